The zero-order valence-corrected chi connectivity index (χ0v) is 12.7. The monoisotopic (exact) mass is 278 g/mol. The predicted octanol–water partition coefficient (Wildman–Crippen LogP) is 1.75. The van der Waals surface area contributed by atoms with Crippen LogP contribution in [0.1, 0.15) is 25.8 Å². The second kappa shape index (κ2) is 8.72. The van der Waals surface area contributed by atoms with Crippen LogP contribution in [-0.4, -0.2) is 38.3 Å². The molecule has 1 aromatic carbocycles. The van der Waals surface area contributed by atoms with Crippen LogP contribution in [0.5, 0.6) is 0 Å². The lowest BCUT2D eigenvalue weighted by atomic mass is 9.95. The van der Waals surface area contributed by atoms with Gasteiger partial charge in [0, 0.05) is 19.2 Å². The first-order chi connectivity index (χ1) is 9.53. The minimum absolute atomic E-state index is 0.0270. The largest absolute Gasteiger partial charge is 0.383 e. The fraction of sp³-hybridized carbons (Fsp3) is 0.562. The van der Waals surface area contributed by atoms with E-state index in [2.05, 4.69) is 36.6 Å². The van der Waals surface area contributed by atoms with Gasteiger partial charge < -0.3 is 15.4 Å². The smallest absolute Gasteiger partial charge is 0.234 e. The summed E-state index contributed by atoms with van der Waals surface area (Å²) < 4.78 is 4.92. The third kappa shape index (κ3) is 7.26. The number of ether oxygens (including phenoxy) is 1. The first kappa shape index (κ1) is 16.7. The maximum Gasteiger partial charge on any atom is 0.234 e. The quantitative estimate of drug-likeness (QED) is 0.677. The Bertz CT molecular complexity index is 391. The van der Waals surface area contributed by atoms with Gasteiger partial charge in [0.1, 0.15) is 0 Å². The Balaban J connectivity index is 2.27. The van der Waals surface area contributed by atoms with E-state index in [4.69, 9.17) is 4.74 Å². The van der Waals surface area contributed by atoms with Gasteiger partial charge in [0.25, 0.3) is 0 Å². The van der Waals surface area contributed by atoms with Crippen molar-refractivity contribution in [3.8, 4) is 0 Å². The minimum Gasteiger partial charge on any atom is -0.383 e. The van der Waals surface area contributed by atoms with Gasteiger partial charge in [0.05, 0.1) is 13.2 Å². The lowest BCUT2D eigenvalue weighted by molar-refractivity contribution is -0.121. The second-order valence-electron chi connectivity index (χ2n) is 5.59. The van der Waals surface area contributed by atoms with Crippen LogP contribution in [0.3, 0.4) is 0 Å². The number of methoxy groups -OCH3 is 1. The van der Waals surface area contributed by atoms with Gasteiger partial charge in [-0.25, -0.2) is 0 Å². The Morgan fingerprint density at radius 2 is 1.95 bits per heavy atom. The van der Waals surface area contributed by atoms with Crippen molar-refractivity contribution in [2.75, 3.05) is 26.8 Å². The number of hydrogen-bond donors (Lipinski definition) is 2. The number of amides is 1. The number of rotatable bonds is 9. The summed E-state index contributed by atoms with van der Waals surface area (Å²) in [4.78, 5) is 11.8. The van der Waals surface area contributed by atoms with Gasteiger partial charge >= 0.3 is 0 Å². The highest BCUT2D eigenvalue weighted by Gasteiger charge is 2.19. The van der Waals surface area contributed by atoms with Crippen molar-refractivity contribution in [3.63, 3.8) is 0 Å². The molecule has 1 amide bonds. The van der Waals surface area contributed by atoms with Crippen LogP contribution in [0.15, 0.2) is 30.3 Å². The molecule has 0 aromatic heterocycles. The summed E-state index contributed by atoms with van der Waals surface area (Å²) in [6.45, 7) is 5.75. The molecule has 0 aliphatic carbocycles. The Hall–Kier alpha value is -1.39. The molecule has 112 valence electrons. The molecule has 1 rings (SSSR count). The zero-order chi connectivity index (χ0) is 14.8. The van der Waals surface area contributed by atoms with Crippen LogP contribution in [0.2, 0.25) is 0 Å². The van der Waals surface area contributed by atoms with E-state index in [1.54, 1.807) is 7.11 Å². The van der Waals surface area contributed by atoms with Crippen LogP contribution < -0.4 is 10.6 Å². The maximum atomic E-state index is 11.8. The molecule has 0 fully saturated rings. The van der Waals surface area contributed by atoms with E-state index < -0.39 is 0 Å². The van der Waals surface area contributed by atoms with Crippen LogP contribution in [0.4, 0.5) is 0 Å². The third-order valence-corrected chi connectivity index (χ3v) is 3.13. The summed E-state index contributed by atoms with van der Waals surface area (Å²) in [5, 5.41) is 6.11. The first-order valence-corrected chi connectivity index (χ1v) is 7.08. The van der Waals surface area contributed by atoms with Gasteiger partial charge in [0.15, 0.2) is 0 Å². The second-order valence-corrected chi connectivity index (χ2v) is 5.59. The van der Waals surface area contributed by atoms with E-state index in [-0.39, 0.29) is 11.4 Å². The molecule has 2 N–H and O–H groups in total. The van der Waals surface area contributed by atoms with Crippen LogP contribution >= 0.6 is 0 Å². The highest BCUT2D eigenvalue weighted by molar-refractivity contribution is 5.78. The molecule has 0 aliphatic heterocycles. The van der Waals surface area contributed by atoms with Crippen molar-refractivity contribution >= 4 is 5.91 Å². The van der Waals surface area contributed by atoms with Crippen molar-refractivity contribution in [1.29, 1.82) is 0 Å². The number of aryl methyl sites for hydroxylation is 1. The molecule has 20 heavy (non-hydrogen) atoms. The molecule has 0 heterocycles. The van der Waals surface area contributed by atoms with Crippen molar-refractivity contribution in [1.82, 2.24) is 10.6 Å². The van der Waals surface area contributed by atoms with Crippen molar-refractivity contribution in [3.05, 3.63) is 35.9 Å². The van der Waals surface area contributed by atoms with E-state index in [1.807, 2.05) is 18.2 Å². The molecular weight excluding hydrogens is 252 g/mol. The Morgan fingerprint density at radius 1 is 1.25 bits per heavy atom. The fourth-order valence-electron chi connectivity index (χ4n) is 1.96. The van der Waals surface area contributed by atoms with Crippen molar-refractivity contribution in [2.45, 2.75) is 32.2 Å². The average Bonchev–Trinajstić information content (AvgIpc) is 2.42. The molecule has 0 radical (unpaired) electrons. The van der Waals surface area contributed by atoms with Gasteiger partial charge in [-0.1, -0.05) is 30.3 Å². The number of carbonyl (C=O) groups is 1. The summed E-state index contributed by atoms with van der Waals surface area (Å²) in [6, 6.07) is 10.3. The third-order valence-electron chi connectivity index (χ3n) is 3.13. The normalized spacial score (nSPS) is 11.3. The van der Waals surface area contributed by atoms with Crippen molar-refractivity contribution < 1.29 is 9.53 Å². The molecule has 1 aromatic rings. The van der Waals surface area contributed by atoms with Crippen molar-refractivity contribution in [2.24, 2.45) is 0 Å². The summed E-state index contributed by atoms with van der Waals surface area (Å²) in [7, 11) is 1.65. The van der Waals surface area contributed by atoms with E-state index in [9.17, 15) is 4.79 Å². The standard InChI is InChI=1S/C16H26N2O2/c1-16(2,10-9-14-7-5-4-6-8-14)18-15(19)13-17-11-12-20-3/h4-8,17H,9-13H2,1-3H3,(H,18,19). The summed E-state index contributed by atoms with van der Waals surface area (Å²) in [5.41, 5.74) is 1.10. The lowest BCUT2D eigenvalue weighted by Crippen LogP contribution is -2.47. The van der Waals surface area contributed by atoms with Crippen LogP contribution in [0.25, 0.3) is 0 Å². The number of benzene rings is 1. The first-order valence-electron chi connectivity index (χ1n) is 7.08. The Kier molecular flexibility index (Phi) is 7.26. The molecule has 0 bridgehead atoms. The molecular formula is C16H26N2O2. The summed E-state index contributed by atoms with van der Waals surface area (Å²) in [6.07, 6.45) is 1.88. The topological polar surface area (TPSA) is 50.4 Å². The number of nitrogens with one attached hydrogen (secondary N) is 2. The van der Waals surface area contributed by atoms with E-state index in [0.29, 0.717) is 19.7 Å². The summed E-state index contributed by atoms with van der Waals surface area (Å²) in [5.74, 6) is 0.0270. The molecule has 0 saturated heterocycles. The van der Waals surface area contributed by atoms with E-state index >= 15 is 0 Å². The fourth-order valence-corrected chi connectivity index (χ4v) is 1.96. The van der Waals surface area contributed by atoms with E-state index in [1.165, 1.54) is 5.56 Å². The predicted molar refractivity (Wildman–Crippen MR) is 81.7 cm³/mol. The summed E-state index contributed by atoms with van der Waals surface area (Å²) >= 11 is 0. The molecule has 0 spiro atoms. The van der Waals surface area contributed by atoms with Gasteiger partial charge in [0.2, 0.25) is 5.91 Å². The molecule has 0 saturated carbocycles. The molecule has 0 unspecified atom stereocenters. The molecule has 4 heteroatoms. The molecule has 0 atom stereocenters. The number of hydrogen-bond acceptors (Lipinski definition) is 3. The highest BCUT2D eigenvalue weighted by Crippen LogP contribution is 2.13. The Morgan fingerprint density at radius 3 is 2.60 bits per heavy atom. The molecule has 4 nitrogen and oxygen atoms in total. The zero-order valence-electron chi connectivity index (χ0n) is 12.7. The number of carbonyl (C=O) groups excluding carboxylic acids is 1. The van der Waals surface area contributed by atoms with Crippen LogP contribution in [-0.2, 0) is 16.0 Å². The van der Waals surface area contributed by atoms with Gasteiger partial charge in [-0.15, -0.1) is 0 Å². The van der Waals surface area contributed by atoms with Gasteiger partial charge in [-0.2, -0.15) is 0 Å². The highest BCUT2D eigenvalue weighted by atomic mass is 16.5. The Labute approximate surface area is 121 Å². The molecule has 0 aliphatic rings. The van der Waals surface area contributed by atoms with E-state index in [0.717, 1.165) is 12.8 Å². The minimum atomic E-state index is -0.199. The van der Waals surface area contributed by atoms with Gasteiger partial charge in [-0.05, 0) is 32.3 Å². The van der Waals surface area contributed by atoms with Crippen LogP contribution in [0, 0.1) is 0 Å². The lowest BCUT2D eigenvalue weighted by Gasteiger charge is -2.26. The van der Waals surface area contributed by atoms with Gasteiger partial charge in [-0.3, -0.25) is 4.79 Å². The average molecular weight is 278 g/mol. The SMILES string of the molecule is COCCNCC(=O)NC(C)(C)CCc1ccccc1. The maximum absolute atomic E-state index is 11.8.